The standard InChI is InChI=1S/C13H19BrN2O/c1-8(2)12(7-14)16-13(17)11-6-5-9(3)15-10(11)4/h5-6,8,12H,7H2,1-4H3,(H,16,17). The Morgan fingerprint density at radius 1 is 1.41 bits per heavy atom. The Labute approximate surface area is 111 Å². The first-order chi connectivity index (χ1) is 7.95. The van der Waals surface area contributed by atoms with Crippen molar-refractivity contribution in [1.82, 2.24) is 10.3 Å². The van der Waals surface area contributed by atoms with Crippen LogP contribution in [0, 0.1) is 19.8 Å². The van der Waals surface area contributed by atoms with Gasteiger partial charge in [0.25, 0.3) is 5.91 Å². The van der Waals surface area contributed by atoms with E-state index >= 15 is 0 Å². The minimum absolute atomic E-state index is 0.0480. The number of aryl methyl sites for hydroxylation is 2. The van der Waals surface area contributed by atoms with E-state index in [9.17, 15) is 4.79 Å². The molecule has 1 rings (SSSR count). The van der Waals surface area contributed by atoms with Gasteiger partial charge in [-0.15, -0.1) is 0 Å². The van der Waals surface area contributed by atoms with E-state index in [2.05, 4.69) is 40.1 Å². The molecule has 3 nitrogen and oxygen atoms in total. The molecule has 1 unspecified atom stereocenters. The van der Waals surface area contributed by atoms with E-state index in [1.807, 2.05) is 26.0 Å². The molecular formula is C13H19BrN2O. The van der Waals surface area contributed by atoms with Crippen LogP contribution in [0.15, 0.2) is 12.1 Å². The van der Waals surface area contributed by atoms with E-state index in [-0.39, 0.29) is 11.9 Å². The smallest absolute Gasteiger partial charge is 0.253 e. The molecule has 1 atom stereocenters. The van der Waals surface area contributed by atoms with Crippen molar-refractivity contribution in [3.8, 4) is 0 Å². The van der Waals surface area contributed by atoms with E-state index in [1.54, 1.807) is 0 Å². The highest BCUT2D eigenvalue weighted by molar-refractivity contribution is 9.09. The van der Waals surface area contributed by atoms with E-state index < -0.39 is 0 Å². The first-order valence-corrected chi connectivity index (χ1v) is 6.89. The van der Waals surface area contributed by atoms with Gasteiger partial charge in [-0.3, -0.25) is 9.78 Å². The molecule has 1 aromatic rings. The van der Waals surface area contributed by atoms with Crippen molar-refractivity contribution in [3.05, 3.63) is 29.1 Å². The van der Waals surface area contributed by atoms with Gasteiger partial charge in [-0.2, -0.15) is 0 Å². The lowest BCUT2D eigenvalue weighted by atomic mass is 10.1. The third-order valence-corrected chi connectivity index (χ3v) is 3.45. The van der Waals surface area contributed by atoms with Crippen LogP contribution < -0.4 is 5.32 Å². The zero-order valence-corrected chi connectivity index (χ0v) is 12.3. The molecular weight excluding hydrogens is 280 g/mol. The number of hydrogen-bond donors (Lipinski definition) is 1. The molecule has 0 aliphatic heterocycles. The highest BCUT2D eigenvalue weighted by Gasteiger charge is 2.17. The summed E-state index contributed by atoms with van der Waals surface area (Å²) in [7, 11) is 0. The summed E-state index contributed by atoms with van der Waals surface area (Å²) < 4.78 is 0. The van der Waals surface area contributed by atoms with Gasteiger partial charge in [-0.05, 0) is 31.9 Å². The molecule has 0 radical (unpaired) electrons. The summed E-state index contributed by atoms with van der Waals surface area (Å²) in [5.74, 6) is 0.352. The Bertz CT molecular complexity index is 404. The molecule has 1 heterocycles. The molecule has 0 saturated heterocycles. The molecule has 1 aromatic heterocycles. The second-order valence-corrected chi connectivity index (χ2v) is 5.21. The minimum atomic E-state index is -0.0480. The van der Waals surface area contributed by atoms with Crippen LogP contribution in [0.25, 0.3) is 0 Å². The second-order valence-electron chi connectivity index (χ2n) is 4.56. The number of halogens is 1. The molecule has 17 heavy (non-hydrogen) atoms. The Balaban J connectivity index is 2.82. The lowest BCUT2D eigenvalue weighted by molar-refractivity contribution is 0.0930. The average Bonchev–Trinajstić information content (AvgIpc) is 2.24. The molecule has 0 aromatic carbocycles. The fraction of sp³-hybridized carbons (Fsp3) is 0.538. The predicted octanol–water partition coefficient (Wildman–Crippen LogP) is 2.85. The Morgan fingerprint density at radius 2 is 2.06 bits per heavy atom. The van der Waals surface area contributed by atoms with E-state index in [0.29, 0.717) is 11.5 Å². The summed E-state index contributed by atoms with van der Waals surface area (Å²) in [5, 5.41) is 3.78. The van der Waals surface area contributed by atoms with Crippen LogP contribution in [-0.4, -0.2) is 22.3 Å². The number of carbonyl (C=O) groups excluding carboxylic acids is 1. The summed E-state index contributed by atoms with van der Waals surface area (Å²) in [6, 6.07) is 3.84. The van der Waals surface area contributed by atoms with Crippen molar-refractivity contribution in [2.24, 2.45) is 5.92 Å². The SMILES string of the molecule is Cc1ccc(C(=O)NC(CBr)C(C)C)c(C)n1. The molecule has 94 valence electrons. The topological polar surface area (TPSA) is 42.0 Å². The third-order valence-electron chi connectivity index (χ3n) is 2.76. The number of hydrogen-bond acceptors (Lipinski definition) is 2. The quantitative estimate of drug-likeness (QED) is 0.869. The molecule has 1 N–H and O–H groups in total. The number of alkyl halides is 1. The van der Waals surface area contributed by atoms with Crippen molar-refractivity contribution < 1.29 is 4.79 Å². The number of carbonyl (C=O) groups is 1. The largest absolute Gasteiger partial charge is 0.348 e. The molecule has 4 heteroatoms. The summed E-state index contributed by atoms with van der Waals surface area (Å²) >= 11 is 3.42. The van der Waals surface area contributed by atoms with Gasteiger partial charge < -0.3 is 5.32 Å². The zero-order valence-electron chi connectivity index (χ0n) is 10.7. The summed E-state index contributed by atoms with van der Waals surface area (Å²) in [4.78, 5) is 16.4. The monoisotopic (exact) mass is 298 g/mol. The molecule has 0 aliphatic carbocycles. The molecule has 0 spiro atoms. The maximum Gasteiger partial charge on any atom is 0.253 e. The lowest BCUT2D eigenvalue weighted by Crippen LogP contribution is -2.40. The Morgan fingerprint density at radius 3 is 2.53 bits per heavy atom. The normalized spacial score (nSPS) is 12.6. The summed E-state index contributed by atoms with van der Waals surface area (Å²) in [6.07, 6.45) is 0. The van der Waals surface area contributed by atoms with Crippen molar-refractivity contribution >= 4 is 21.8 Å². The number of nitrogens with zero attached hydrogens (tertiary/aromatic N) is 1. The highest BCUT2D eigenvalue weighted by atomic mass is 79.9. The van der Waals surface area contributed by atoms with Gasteiger partial charge in [-0.1, -0.05) is 29.8 Å². The first-order valence-electron chi connectivity index (χ1n) is 5.76. The van der Waals surface area contributed by atoms with Gasteiger partial charge in [-0.25, -0.2) is 0 Å². The van der Waals surface area contributed by atoms with Gasteiger partial charge >= 0.3 is 0 Å². The third kappa shape index (κ3) is 3.80. The molecule has 0 aliphatic rings. The van der Waals surface area contributed by atoms with Crippen LogP contribution in [0.4, 0.5) is 0 Å². The Hall–Kier alpha value is -0.900. The number of nitrogens with one attached hydrogen (secondary N) is 1. The fourth-order valence-corrected chi connectivity index (χ4v) is 2.47. The van der Waals surface area contributed by atoms with Crippen molar-refractivity contribution in [2.45, 2.75) is 33.7 Å². The van der Waals surface area contributed by atoms with Crippen LogP contribution >= 0.6 is 15.9 Å². The number of aromatic nitrogens is 1. The summed E-state index contributed by atoms with van der Waals surface area (Å²) in [6.45, 7) is 7.96. The molecule has 0 saturated carbocycles. The van der Waals surface area contributed by atoms with E-state index in [1.165, 1.54) is 0 Å². The minimum Gasteiger partial charge on any atom is -0.348 e. The van der Waals surface area contributed by atoms with Gasteiger partial charge in [0.15, 0.2) is 0 Å². The second kappa shape index (κ2) is 6.15. The first kappa shape index (κ1) is 14.2. The van der Waals surface area contributed by atoms with Crippen LogP contribution in [0.5, 0.6) is 0 Å². The van der Waals surface area contributed by atoms with Crippen LogP contribution in [0.2, 0.25) is 0 Å². The Kier molecular flexibility index (Phi) is 5.12. The predicted molar refractivity (Wildman–Crippen MR) is 73.6 cm³/mol. The van der Waals surface area contributed by atoms with Gasteiger partial charge in [0.05, 0.1) is 11.3 Å². The van der Waals surface area contributed by atoms with Crippen LogP contribution in [0.1, 0.15) is 35.6 Å². The number of amides is 1. The molecule has 1 amide bonds. The van der Waals surface area contributed by atoms with Crippen molar-refractivity contribution in [2.75, 3.05) is 5.33 Å². The van der Waals surface area contributed by atoms with Gasteiger partial charge in [0, 0.05) is 17.1 Å². The number of pyridine rings is 1. The van der Waals surface area contributed by atoms with Crippen LogP contribution in [0.3, 0.4) is 0 Å². The van der Waals surface area contributed by atoms with Gasteiger partial charge in [0.1, 0.15) is 0 Å². The van der Waals surface area contributed by atoms with Gasteiger partial charge in [0.2, 0.25) is 0 Å². The molecule has 0 fully saturated rings. The summed E-state index contributed by atoms with van der Waals surface area (Å²) in [5.41, 5.74) is 2.36. The highest BCUT2D eigenvalue weighted by Crippen LogP contribution is 2.10. The molecule has 0 bridgehead atoms. The lowest BCUT2D eigenvalue weighted by Gasteiger charge is -2.20. The van der Waals surface area contributed by atoms with Crippen LogP contribution in [-0.2, 0) is 0 Å². The van der Waals surface area contributed by atoms with Crippen molar-refractivity contribution in [1.29, 1.82) is 0 Å². The maximum atomic E-state index is 12.1. The van der Waals surface area contributed by atoms with E-state index in [0.717, 1.165) is 16.7 Å². The zero-order chi connectivity index (χ0) is 13.0. The van der Waals surface area contributed by atoms with E-state index in [4.69, 9.17) is 0 Å². The number of rotatable bonds is 4. The maximum absolute atomic E-state index is 12.1. The fourth-order valence-electron chi connectivity index (χ4n) is 1.56. The van der Waals surface area contributed by atoms with Crippen molar-refractivity contribution in [3.63, 3.8) is 0 Å². The average molecular weight is 299 g/mol.